The number of fused-ring (bicyclic) bond motifs is 2. The number of hydrogen-bond donors (Lipinski definition) is 0. The highest BCUT2D eigenvalue weighted by Crippen LogP contribution is 2.46. The lowest BCUT2D eigenvalue weighted by molar-refractivity contribution is -0.132. The maximum atomic E-state index is 12.3. The molecule has 4 rings (SSSR count). The lowest BCUT2D eigenvalue weighted by atomic mass is 9.83. The standard InChI is InChI=1S/C20H27NO3/c1-2-3-4-18(22)21-9-5-14(6-10-21)19-16-8-12-23-17(16)13-15-7-11-24-20(15)19/h13-14H,2-12H2,1H3. The number of hydrogen-bond acceptors (Lipinski definition) is 3. The quantitative estimate of drug-likeness (QED) is 0.849. The molecule has 0 spiro atoms. The van der Waals surface area contributed by atoms with Crippen LogP contribution in [0.5, 0.6) is 11.5 Å². The topological polar surface area (TPSA) is 38.8 Å². The second-order valence-electron chi connectivity index (χ2n) is 7.21. The van der Waals surface area contributed by atoms with Gasteiger partial charge in [0, 0.05) is 49.0 Å². The number of likely N-dealkylation sites (tertiary alicyclic amines) is 1. The first-order valence-electron chi connectivity index (χ1n) is 9.50. The van der Waals surface area contributed by atoms with Crippen molar-refractivity contribution in [3.8, 4) is 11.5 Å². The van der Waals surface area contributed by atoms with Crippen LogP contribution in [0.2, 0.25) is 0 Å². The Morgan fingerprint density at radius 1 is 1.21 bits per heavy atom. The third-order valence-electron chi connectivity index (χ3n) is 5.69. The van der Waals surface area contributed by atoms with Crippen molar-refractivity contribution in [1.29, 1.82) is 0 Å². The number of piperidine rings is 1. The van der Waals surface area contributed by atoms with E-state index in [0.717, 1.165) is 76.3 Å². The Hall–Kier alpha value is -1.71. The van der Waals surface area contributed by atoms with Gasteiger partial charge in [-0.2, -0.15) is 0 Å². The number of nitrogens with zero attached hydrogens (tertiary/aromatic N) is 1. The van der Waals surface area contributed by atoms with Crippen molar-refractivity contribution >= 4 is 5.91 Å². The molecule has 0 atom stereocenters. The maximum Gasteiger partial charge on any atom is 0.222 e. The van der Waals surface area contributed by atoms with Crippen molar-refractivity contribution in [1.82, 2.24) is 4.90 Å². The minimum absolute atomic E-state index is 0.332. The van der Waals surface area contributed by atoms with Crippen molar-refractivity contribution < 1.29 is 14.3 Å². The van der Waals surface area contributed by atoms with E-state index in [0.29, 0.717) is 18.2 Å². The molecule has 3 aliphatic rings. The lowest BCUT2D eigenvalue weighted by Gasteiger charge is -2.33. The zero-order valence-electron chi connectivity index (χ0n) is 14.6. The SMILES string of the molecule is CCCCC(=O)N1CCC(c2c3c(cc4c2OCC4)OCC3)CC1. The molecule has 24 heavy (non-hydrogen) atoms. The molecule has 3 aliphatic heterocycles. The fourth-order valence-corrected chi connectivity index (χ4v) is 4.36. The predicted molar refractivity (Wildman–Crippen MR) is 92.9 cm³/mol. The molecule has 0 saturated carbocycles. The number of carbonyl (C=O) groups excluding carboxylic acids is 1. The summed E-state index contributed by atoms with van der Waals surface area (Å²) < 4.78 is 11.8. The van der Waals surface area contributed by atoms with Gasteiger partial charge in [0.1, 0.15) is 11.5 Å². The molecule has 4 nitrogen and oxygen atoms in total. The number of rotatable bonds is 4. The molecule has 1 saturated heterocycles. The molecule has 0 N–H and O–H groups in total. The largest absolute Gasteiger partial charge is 0.493 e. The summed E-state index contributed by atoms with van der Waals surface area (Å²) in [4.78, 5) is 14.3. The third kappa shape index (κ3) is 2.76. The van der Waals surface area contributed by atoms with Crippen LogP contribution in [0.25, 0.3) is 0 Å². The molecule has 130 valence electrons. The van der Waals surface area contributed by atoms with Gasteiger partial charge in [-0.05, 0) is 31.2 Å². The van der Waals surface area contributed by atoms with Crippen LogP contribution in [0, 0.1) is 0 Å². The van der Waals surface area contributed by atoms with Gasteiger partial charge in [0.05, 0.1) is 13.2 Å². The smallest absolute Gasteiger partial charge is 0.222 e. The maximum absolute atomic E-state index is 12.3. The van der Waals surface area contributed by atoms with E-state index >= 15 is 0 Å². The van der Waals surface area contributed by atoms with Crippen molar-refractivity contribution in [2.24, 2.45) is 0 Å². The Morgan fingerprint density at radius 2 is 2.00 bits per heavy atom. The molecule has 1 amide bonds. The number of benzene rings is 1. The number of carbonyl (C=O) groups is 1. The van der Waals surface area contributed by atoms with Gasteiger partial charge in [-0.1, -0.05) is 13.3 Å². The predicted octanol–water partition coefficient (Wildman–Crippen LogP) is 3.45. The van der Waals surface area contributed by atoms with Gasteiger partial charge >= 0.3 is 0 Å². The first kappa shape index (κ1) is 15.8. The first-order valence-corrected chi connectivity index (χ1v) is 9.50. The highest BCUT2D eigenvalue weighted by molar-refractivity contribution is 5.76. The summed E-state index contributed by atoms with van der Waals surface area (Å²) in [5.74, 6) is 3.05. The van der Waals surface area contributed by atoms with E-state index in [2.05, 4.69) is 17.9 Å². The second kappa shape index (κ2) is 6.66. The zero-order chi connectivity index (χ0) is 16.5. The van der Waals surface area contributed by atoms with Gasteiger partial charge in [-0.25, -0.2) is 0 Å². The molecule has 0 unspecified atom stereocenters. The highest BCUT2D eigenvalue weighted by Gasteiger charge is 2.33. The van der Waals surface area contributed by atoms with Crippen LogP contribution in [0.3, 0.4) is 0 Å². The summed E-state index contributed by atoms with van der Waals surface area (Å²) >= 11 is 0. The summed E-state index contributed by atoms with van der Waals surface area (Å²) in [5.41, 5.74) is 4.08. The Labute approximate surface area is 144 Å². The molecule has 4 heteroatoms. The zero-order valence-corrected chi connectivity index (χ0v) is 14.6. The van der Waals surface area contributed by atoms with Gasteiger partial charge in [0.15, 0.2) is 0 Å². The van der Waals surface area contributed by atoms with Gasteiger partial charge in [-0.15, -0.1) is 0 Å². The number of amides is 1. The van der Waals surface area contributed by atoms with E-state index in [9.17, 15) is 4.79 Å². The van der Waals surface area contributed by atoms with E-state index in [1.807, 2.05) is 0 Å². The van der Waals surface area contributed by atoms with Crippen molar-refractivity contribution in [2.75, 3.05) is 26.3 Å². The van der Waals surface area contributed by atoms with Crippen LogP contribution in [0.1, 0.15) is 61.6 Å². The summed E-state index contributed by atoms with van der Waals surface area (Å²) in [6.45, 7) is 5.48. The van der Waals surface area contributed by atoms with E-state index in [1.165, 1.54) is 16.7 Å². The average molecular weight is 329 g/mol. The first-order chi connectivity index (χ1) is 11.8. The molecule has 3 heterocycles. The molecule has 1 fully saturated rings. The molecule has 0 bridgehead atoms. The molecule has 0 aromatic heterocycles. The van der Waals surface area contributed by atoms with Crippen LogP contribution < -0.4 is 9.47 Å². The van der Waals surface area contributed by atoms with E-state index in [1.54, 1.807) is 0 Å². The van der Waals surface area contributed by atoms with Crippen LogP contribution in [-0.2, 0) is 17.6 Å². The van der Waals surface area contributed by atoms with E-state index < -0.39 is 0 Å². The summed E-state index contributed by atoms with van der Waals surface area (Å²) in [6.07, 6.45) is 6.87. The molecular formula is C20H27NO3. The fraction of sp³-hybridized carbons (Fsp3) is 0.650. The lowest BCUT2D eigenvalue weighted by Crippen LogP contribution is -2.38. The van der Waals surface area contributed by atoms with E-state index in [4.69, 9.17) is 9.47 Å². The van der Waals surface area contributed by atoms with Gasteiger partial charge in [0.25, 0.3) is 0 Å². The Kier molecular flexibility index (Phi) is 4.38. The highest BCUT2D eigenvalue weighted by atomic mass is 16.5. The van der Waals surface area contributed by atoms with Crippen LogP contribution in [0.15, 0.2) is 6.07 Å². The number of ether oxygens (including phenoxy) is 2. The monoisotopic (exact) mass is 329 g/mol. The molecule has 1 aromatic rings. The van der Waals surface area contributed by atoms with Crippen LogP contribution >= 0.6 is 0 Å². The van der Waals surface area contributed by atoms with Gasteiger partial charge in [-0.3, -0.25) is 4.79 Å². The molecule has 0 radical (unpaired) electrons. The normalized spacial score (nSPS) is 19.6. The van der Waals surface area contributed by atoms with Crippen molar-refractivity contribution in [2.45, 2.75) is 57.8 Å². The summed E-state index contributed by atoms with van der Waals surface area (Å²) in [7, 11) is 0. The van der Waals surface area contributed by atoms with E-state index in [-0.39, 0.29) is 0 Å². The molecular weight excluding hydrogens is 302 g/mol. The average Bonchev–Trinajstić information content (AvgIpc) is 3.26. The van der Waals surface area contributed by atoms with Crippen LogP contribution in [-0.4, -0.2) is 37.1 Å². The second-order valence-corrected chi connectivity index (χ2v) is 7.21. The van der Waals surface area contributed by atoms with Crippen LogP contribution in [0.4, 0.5) is 0 Å². The Bertz CT molecular complexity index is 600. The fourth-order valence-electron chi connectivity index (χ4n) is 4.36. The minimum Gasteiger partial charge on any atom is -0.493 e. The van der Waals surface area contributed by atoms with Gasteiger partial charge in [0.2, 0.25) is 5.91 Å². The third-order valence-corrected chi connectivity index (χ3v) is 5.69. The van der Waals surface area contributed by atoms with Gasteiger partial charge < -0.3 is 14.4 Å². The Balaban J connectivity index is 1.51. The number of unbranched alkanes of at least 4 members (excludes halogenated alkanes) is 1. The minimum atomic E-state index is 0.332. The van der Waals surface area contributed by atoms with Crippen molar-refractivity contribution in [3.05, 3.63) is 22.8 Å². The summed E-state index contributed by atoms with van der Waals surface area (Å²) in [5, 5.41) is 0. The molecule has 1 aromatic carbocycles. The van der Waals surface area contributed by atoms with Crippen molar-refractivity contribution in [3.63, 3.8) is 0 Å². The summed E-state index contributed by atoms with van der Waals surface area (Å²) in [6, 6.07) is 2.19. The molecule has 0 aliphatic carbocycles. The Morgan fingerprint density at radius 3 is 2.79 bits per heavy atom.